The second-order valence-electron chi connectivity index (χ2n) is 6.11. The lowest BCUT2D eigenvalue weighted by Crippen LogP contribution is -2.28. The Morgan fingerprint density at radius 3 is 2.63 bits per heavy atom. The Labute approximate surface area is 156 Å². The number of anilines is 1. The summed E-state index contributed by atoms with van der Waals surface area (Å²) in [4.78, 5) is 16.9. The molecule has 0 unspecified atom stereocenters. The number of fused-ring (bicyclic) bond motifs is 1. The summed E-state index contributed by atoms with van der Waals surface area (Å²) in [6.07, 6.45) is 5.37. The van der Waals surface area contributed by atoms with Crippen LogP contribution in [0.1, 0.15) is 21.5 Å². The van der Waals surface area contributed by atoms with E-state index < -0.39 is 0 Å². The van der Waals surface area contributed by atoms with Gasteiger partial charge < -0.3 is 15.8 Å². The fraction of sp³-hybridized carbons (Fsp3) is 0.0476. The zero-order valence-corrected chi connectivity index (χ0v) is 14.5. The highest BCUT2D eigenvalue weighted by molar-refractivity contribution is 6.04. The first-order valence-electron chi connectivity index (χ1n) is 8.55. The number of amides is 1. The third-order valence-corrected chi connectivity index (χ3v) is 4.29. The number of nitrogens with one attached hydrogen (secondary N) is 2. The summed E-state index contributed by atoms with van der Waals surface area (Å²) in [5.41, 5.74) is 4.32. The standard InChI is InChI=1S/C21H18N4O2/c26-21(24-17-4-2-1-3-5-17)16-6-8-18(9-7-16)23-20-19-14-22-12-10-15(19)11-13-25(20)27/h1-13,22,27H,14H2,(H,24,26). The number of para-hydroxylation sites is 1. The molecule has 3 aromatic rings. The largest absolute Gasteiger partial charge is 0.427 e. The molecule has 0 aliphatic carbocycles. The zero-order chi connectivity index (χ0) is 18.6. The zero-order valence-electron chi connectivity index (χ0n) is 14.5. The van der Waals surface area contributed by atoms with Crippen LogP contribution < -0.4 is 16.1 Å². The topological polar surface area (TPSA) is 78.7 Å². The molecule has 2 heterocycles. The van der Waals surface area contributed by atoms with E-state index in [1.165, 1.54) is 0 Å². The predicted octanol–water partition coefficient (Wildman–Crippen LogP) is 3.28. The van der Waals surface area contributed by atoms with Gasteiger partial charge in [0.15, 0.2) is 5.49 Å². The van der Waals surface area contributed by atoms with E-state index in [0.717, 1.165) is 21.5 Å². The van der Waals surface area contributed by atoms with Gasteiger partial charge in [-0.2, -0.15) is 4.73 Å². The van der Waals surface area contributed by atoms with Gasteiger partial charge in [-0.1, -0.05) is 18.2 Å². The summed E-state index contributed by atoms with van der Waals surface area (Å²) in [6, 6.07) is 18.1. The molecule has 2 aromatic carbocycles. The maximum atomic E-state index is 12.3. The highest BCUT2D eigenvalue weighted by atomic mass is 16.5. The number of pyridine rings is 1. The maximum Gasteiger partial charge on any atom is 0.255 e. The van der Waals surface area contributed by atoms with E-state index in [1.807, 2.05) is 48.7 Å². The average Bonchev–Trinajstić information content (AvgIpc) is 2.71. The molecule has 134 valence electrons. The normalized spacial score (nSPS) is 13.0. The SMILES string of the molecule is O=C(Nc1ccccc1)c1ccc(N=c2c3c(ccn2O)C=CNC3)cc1. The lowest BCUT2D eigenvalue weighted by molar-refractivity contribution is 0.102. The third kappa shape index (κ3) is 3.59. The van der Waals surface area contributed by atoms with Gasteiger partial charge in [-0.15, -0.1) is 0 Å². The number of carbonyl (C=O) groups excluding carboxylic acids is 1. The minimum absolute atomic E-state index is 0.184. The summed E-state index contributed by atoms with van der Waals surface area (Å²) in [6.45, 7) is 0.587. The Morgan fingerprint density at radius 1 is 1.07 bits per heavy atom. The van der Waals surface area contributed by atoms with Crippen LogP contribution in [0.15, 0.2) is 78.1 Å². The first-order chi connectivity index (χ1) is 13.2. The van der Waals surface area contributed by atoms with Crippen molar-refractivity contribution in [1.29, 1.82) is 0 Å². The lowest BCUT2D eigenvalue weighted by Gasteiger charge is -2.13. The molecule has 0 fully saturated rings. The molecule has 6 heteroatoms. The molecule has 6 nitrogen and oxygen atoms in total. The van der Waals surface area contributed by atoms with Crippen LogP contribution in [0, 0.1) is 0 Å². The second-order valence-corrected chi connectivity index (χ2v) is 6.11. The first-order valence-corrected chi connectivity index (χ1v) is 8.55. The number of carbonyl (C=O) groups is 1. The van der Waals surface area contributed by atoms with E-state index in [2.05, 4.69) is 15.6 Å². The Balaban J connectivity index is 1.61. The van der Waals surface area contributed by atoms with Gasteiger partial charge in [0.05, 0.1) is 5.69 Å². The van der Waals surface area contributed by atoms with Crippen molar-refractivity contribution in [3.05, 3.63) is 95.2 Å². The second kappa shape index (κ2) is 7.21. The molecule has 0 saturated carbocycles. The number of nitrogens with zero attached hydrogens (tertiary/aromatic N) is 2. The van der Waals surface area contributed by atoms with Gasteiger partial charge in [0.1, 0.15) is 0 Å². The van der Waals surface area contributed by atoms with E-state index in [4.69, 9.17) is 0 Å². The van der Waals surface area contributed by atoms with E-state index in [-0.39, 0.29) is 5.91 Å². The van der Waals surface area contributed by atoms with Crippen LogP contribution in [-0.4, -0.2) is 15.8 Å². The average molecular weight is 358 g/mol. The molecule has 27 heavy (non-hydrogen) atoms. The number of aromatic nitrogens is 1. The lowest BCUT2D eigenvalue weighted by atomic mass is 10.1. The summed E-state index contributed by atoms with van der Waals surface area (Å²) in [7, 11) is 0. The van der Waals surface area contributed by atoms with Crippen molar-refractivity contribution in [1.82, 2.24) is 10.0 Å². The van der Waals surface area contributed by atoms with Crippen molar-refractivity contribution in [2.24, 2.45) is 4.99 Å². The first kappa shape index (κ1) is 16.7. The van der Waals surface area contributed by atoms with Gasteiger partial charge in [-0.05, 0) is 60.3 Å². The molecule has 1 amide bonds. The predicted molar refractivity (Wildman–Crippen MR) is 104 cm³/mol. The number of rotatable bonds is 3. The molecule has 4 rings (SSSR count). The molecule has 1 aromatic heterocycles. The molecular formula is C21H18N4O2. The Morgan fingerprint density at radius 2 is 1.85 bits per heavy atom. The number of benzene rings is 2. The van der Waals surface area contributed by atoms with Crippen LogP contribution in [0.2, 0.25) is 0 Å². The Bertz CT molecular complexity index is 1070. The highest BCUT2D eigenvalue weighted by Gasteiger charge is 2.10. The third-order valence-electron chi connectivity index (χ3n) is 4.29. The van der Waals surface area contributed by atoms with Gasteiger partial charge in [0, 0.05) is 29.6 Å². The molecular weight excluding hydrogens is 340 g/mol. The van der Waals surface area contributed by atoms with Crippen LogP contribution in [0.4, 0.5) is 11.4 Å². The van der Waals surface area contributed by atoms with Crippen LogP contribution >= 0.6 is 0 Å². The van der Waals surface area contributed by atoms with Crippen LogP contribution in [-0.2, 0) is 6.54 Å². The minimum atomic E-state index is -0.184. The van der Waals surface area contributed by atoms with E-state index in [9.17, 15) is 10.0 Å². The van der Waals surface area contributed by atoms with Gasteiger partial charge in [-0.25, -0.2) is 4.99 Å². The quantitative estimate of drug-likeness (QED) is 0.629. The summed E-state index contributed by atoms with van der Waals surface area (Å²) in [5, 5.41) is 16.1. The molecule has 0 spiro atoms. The van der Waals surface area contributed by atoms with Gasteiger partial charge in [-0.3, -0.25) is 4.79 Å². The van der Waals surface area contributed by atoms with E-state index in [1.54, 1.807) is 30.5 Å². The summed E-state index contributed by atoms with van der Waals surface area (Å²) < 4.78 is 1.01. The molecule has 0 saturated heterocycles. The summed E-state index contributed by atoms with van der Waals surface area (Å²) >= 11 is 0. The number of hydrogen-bond donors (Lipinski definition) is 3. The molecule has 3 N–H and O–H groups in total. The van der Waals surface area contributed by atoms with Crippen molar-refractivity contribution in [3.63, 3.8) is 0 Å². The van der Waals surface area contributed by atoms with E-state index in [0.29, 0.717) is 23.3 Å². The molecule has 0 radical (unpaired) electrons. The molecule has 1 aliphatic rings. The monoisotopic (exact) mass is 358 g/mol. The fourth-order valence-corrected chi connectivity index (χ4v) is 2.89. The highest BCUT2D eigenvalue weighted by Crippen LogP contribution is 2.16. The van der Waals surface area contributed by atoms with Crippen molar-refractivity contribution >= 4 is 23.4 Å². The Kier molecular flexibility index (Phi) is 4.45. The molecule has 1 aliphatic heterocycles. The van der Waals surface area contributed by atoms with Crippen molar-refractivity contribution in [3.8, 4) is 0 Å². The smallest absolute Gasteiger partial charge is 0.255 e. The van der Waals surface area contributed by atoms with E-state index >= 15 is 0 Å². The van der Waals surface area contributed by atoms with Crippen LogP contribution in [0.25, 0.3) is 6.08 Å². The summed E-state index contributed by atoms with van der Waals surface area (Å²) in [5.74, 6) is -0.184. The van der Waals surface area contributed by atoms with Gasteiger partial charge in [0.2, 0.25) is 0 Å². The fourth-order valence-electron chi connectivity index (χ4n) is 2.89. The van der Waals surface area contributed by atoms with Crippen molar-refractivity contribution < 1.29 is 10.0 Å². The van der Waals surface area contributed by atoms with Crippen molar-refractivity contribution in [2.75, 3.05) is 5.32 Å². The van der Waals surface area contributed by atoms with Crippen LogP contribution in [0.3, 0.4) is 0 Å². The van der Waals surface area contributed by atoms with Gasteiger partial charge in [0.25, 0.3) is 5.91 Å². The minimum Gasteiger partial charge on any atom is -0.427 e. The van der Waals surface area contributed by atoms with Crippen molar-refractivity contribution in [2.45, 2.75) is 6.54 Å². The molecule has 0 bridgehead atoms. The molecule has 0 atom stereocenters. The van der Waals surface area contributed by atoms with Gasteiger partial charge >= 0.3 is 0 Å². The van der Waals surface area contributed by atoms with Crippen LogP contribution in [0.5, 0.6) is 0 Å². The number of hydrogen-bond acceptors (Lipinski definition) is 4. The maximum absolute atomic E-state index is 12.3. The Hall–Kier alpha value is -3.80.